The highest BCUT2D eigenvalue weighted by Gasteiger charge is 2.19. The molecule has 0 saturated carbocycles. The maximum Gasteiger partial charge on any atom is 0.328 e. The summed E-state index contributed by atoms with van der Waals surface area (Å²) in [7, 11) is -3.79. The highest BCUT2D eigenvalue weighted by molar-refractivity contribution is 14.1. The molecule has 0 aliphatic rings. The molecule has 1 rings (SSSR count). The molecule has 5 nitrogen and oxygen atoms in total. The first-order valence-corrected chi connectivity index (χ1v) is 7.58. The molecule has 0 saturated heterocycles. The molecule has 0 aliphatic heterocycles. The first-order valence-electron chi connectivity index (χ1n) is 5.02. The number of amides is 2. The zero-order chi connectivity index (χ0) is 12.9. The maximum atomic E-state index is 11.8. The smallest absolute Gasteiger partial charge is 0.328 e. The van der Waals surface area contributed by atoms with E-state index < -0.39 is 16.1 Å². The van der Waals surface area contributed by atoms with E-state index >= 15 is 0 Å². The van der Waals surface area contributed by atoms with E-state index in [9.17, 15) is 13.2 Å². The molecule has 0 radical (unpaired) electrons. The molecule has 0 fully saturated rings. The monoisotopic (exact) mass is 368 g/mol. The molecular formula is C10H13IN2O3S. The minimum atomic E-state index is -3.79. The highest BCUT2D eigenvalue weighted by atomic mass is 127. The van der Waals surface area contributed by atoms with Crippen LogP contribution in [-0.4, -0.2) is 21.0 Å². The lowest BCUT2D eigenvalue weighted by Gasteiger charge is -2.09. The molecule has 2 N–H and O–H groups in total. The second kappa shape index (κ2) is 6.20. The van der Waals surface area contributed by atoms with Crippen LogP contribution in [0.15, 0.2) is 29.2 Å². The molecule has 1 aromatic carbocycles. The van der Waals surface area contributed by atoms with Gasteiger partial charge in [0.15, 0.2) is 0 Å². The first kappa shape index (κ1) is 14.2. The average molecular weight is 368 g/mol. The number of nitrogens with one attached hydrogen (secondary N) is 2. The van der Waals surface area contributed by atoms with E-state index in [0.717, 1.165) is 6.42 Å². The number of halogens is 1. The van der Waals surface area contributed by atoms with Gasteiger partial charge in [-0.25, -0.2) is 17.9 Å². The van der Waals surface area contributed by atoms with Crippen molar-refractivity contribution in [1.82, 2.24) is 10.0 Å². The Morgan fingerprint density at radius 1 is 1.35 bits per heavy atom. The Kier molecular flexibility index (Phi) is 5.19. The Morgan fingerprint density at radius 3 is 2.59 bits per heavy atom. The Balaban J connectivity index is 2.83. The van der Waals surface area contributed by atoms with Crippen molar-refractivity contribution in [3.8, 4) is 0 Å². The van der Waals surface area contributed by atoms with Crippen molar-refractivity contribution in [3.05, 3.63) is 27.8 Å². The zero-order valence-corrected chi connectivity index (χ0v) is 12.2. The fraction of sp³-hybridized carbons (Fsp3) is 0.300. The number of hydrogen-bond donors (Lipinski definition) is 2. The van der Waals surface area contributed by atoms with Crippen LogP contribution in [0.4, 0.5) is 4.79 Å². The molecule has 0 aromatic heterocycles. The maximum absolute atomic E-state index is 11.8. The number of urea groups is 1. The summed E-state index contributed by atoms with van der Waals surface area (Å²) < 4.78 is 26.2. The molecule has 0 atom stereocenters. The van der Waals surface area contributed by atoms with Gasteiger partial charge in [0.25, 0.3) is 10.0 Å². The van der Waals surface area contributed by atoms with Gasteiger partial charge in [0.05, 0.1) is 0 Å². The van der Waals surface area contributed by atoms with Crippen LogP contribution < -0.4 is 10.0 Å². The van der Waals surface area contributed by atoms with E-state index in [1.165, 1.54) is 6.07 Å². The third-order valence-electron chi connectivity index (χ3n) is 1.89. The summed E-state index contributed by atoms with van der Waals surface area (Å²) in [6.07, 6.45) is 0.746. The van der Waals surface area contributed by atoms with Gasteiger partial charge in [0.1, 0.15) is 4.90 Å². The average Bonchev–Trinajstić information content (AvgIpc) is 2.26. The molecule has 7 heteroatoms. The number of rotatable bonds is 4. The fourth-order valence-electron chi connectivity index (χ4n) is 1.11. The normalized spacial score (nSPS) is 10.9. The lowest BCUT2D eigenvalue weighted by Crippen LogP contribution is -2.39. The van der Waals surface area contributed by atoms with Crippen molar-refractivity contribution in [1.29, 1.82) is 0 Å². The Hall–Kier alpha value is -0.830. The molecule has 0 bridgehead atoms. The SMILES string of the molecule is CCCNC(=O)NS(=O)(=O)c1ccccc1I. The van der Waals surface area contributed by atoms with E-state index in [4.69, 9.17) is 0 Å². The topological polar surface area (TPSA) is 75.3 Å². The van der Waals surface area contributed by atoms with E-state index in [1.54, 1.807) is 18.2 Å². The van der Waals surface area contributed by atoms with Crippen molar-refractivity contribution in [2.24, 2.45) is 0 Å². The number of sulfonamides is 1. The van der Waals surface area contributed by atoms with Gasteiger partial charge in [-0.05, 0) is 41.1 Å². The minimum Gasteiger partial charge on any atom is -0.337 e. The predicted molar refractivity (Wildman–Crippen MR) is 73.2 cm³/mol. The van der Waals surface area contributed by atoms with Crippen LogP contribution in [0.5, 0.6) is 0 Å². The highest BCUT2D eigenvalue weighted by Crippen LogP contribution is 2.16. The zero-order valence-electron chi connectivity index (χ0n) is 9.23. The van der Waals surface area contributed by atoms with Gasteiger partial charge in [-0.15, -0.1) is 0 Å². The van der Waals surface area contributed by atoms with Crippen molar-refractivity contribution in [2.45, 2.75) is 18.2 Å². The number of benzene rings is 1. The summed E-state index contributed by atoms with van der Waals surface area (Å²) in [5, 5.41) is 2.45. The van der Waals surface area contributed by atoms with Crippen molar-refractivity contribution >= 4 is 38.6 Å². The van der Waals surface area contributed by atoms with Gasteiger partial charge in [-0.1, -0.05) is 19.1 Å². The molecule has 0 heterocycles. The van der Waals surface area contributed by atoms with E-state index in [-0.39, 0.29) is 4.90 Å². The van der Waals surface area contributed by atoms with Gasteiger partial charge in [0.2, 0.25) is 0 Å². The second-order valence-corrected chi connectivity index (χ2v) is 6.10. The third-order valence-corrected chi connectivity index (χ3v) is 4.58. The number of carbonyl (C=O) groups excluding carboxylic acids is 1. The molecular weight excluding hydrogens is 355 g/mol. The quantitative estimate of drug-likeness (QED) is 0.795. The third kappa shape index (κ3) is 4.15. The van der Waals surface area contributed by atoms with Gasteiger partial charge in [-0.3, -0.25) is 0 Å². The summed E-state index contributed by atoms with van der Waals surface area (Å²) in [5.41, 5.74) is 0. The van der Waals surface area contributed by atoms with Crippen molar-refractivity contribution in [3.63, 3.8) is 0 Å². The molecule has 0 spiro atoms. The van der Waals surface area contributed by atoms with Crippen LogP contribution in [0.25, 0.3) is 0 Å². The molecule has 0 unspecified atom stereocenters. The second-order valence-electron chi connectivity index (χ2n) is 3.29. The van der Waals surface area contributed by atoms with Crippen LogP contribution in [-0.2, 0) is 10.0 Å². The first-order chi connectivity index (χ1) is 7.97. The largest absolute Gasteiger partial charge is 0.337 e. The van der Waals surface area contributed by atoms with Crippen LogP contribution in [0.2, 0.25) is 0 Å². The molecule has 0 aliphatic carbocycles. The summed E-state index contributed by atoms with van der Waals surface area (Å²) in [6.45, 7) is 2.32. The molecule has 2 amide bonds. The standard InChI is InChI=1S/C10H13IN2O3S/c1-2-7-12-10(14)13-17(15,16)9-6-4-3-5-8(9)11/h3-6H,2,7H2,1H3,(H2,12,13,14). The van der Waals surface area contributed by atoms with Crippen molar-refractivity contribution < 1.29 is 13.2 Å². The fourth-order valence-corrected chi connectivity index (χ4v) is 3.38. The van der Waals surface area contributed by atoms with E-state index in [0.29, 0.717) is 10.1 Å². The van der Waals surface area contributed by atoms with Crippen molar-refractivity contribution in [2.75, 3.05) is 6.54 Å². The van der Waals surface area contributed by atoms with Crippen LogP contribution in [0.3, 0.4) is 0 Å². The lowest BCUT2D eigenvalue weighted by molar-refractivity contribution is 0.246. The Labute approximate surface area is 114 Å². The van der Waals surface area contributed by atoms with Gasteiger partial charge in [-0.2, -0.15) is 0 Å². The number of hydrogen-bond acceptors (Lipinski definition) is 3. The Morgan fingerprint density at radius 2 is 2.00 bits per heavy atom. The molecule has 94 valence electrons. The summed E-state index contributed by atoms with van der Waals surface area (Å²) >= 11 is 1.91. The lowest BCUT2D eigenvalue weighted by atomic mass is 10.4. The summed E-state index contributed by atoms with van der Waals surface area (Å²) in [6, 6.07) is 5.76. The van der Waals surface area contributed by atoms with Crippen LogP contribution in [0, 0.1) is 3.57 Å². The van der Waals surface area contributed by atoms with E-state index in [2.05, 4.69) is 5.32 Å². The van der Waals surface area contributed by atoms with E-state index in [1.807, 2.05) is 34.2 Å². The summed E-state index contributed by atoms with van der Waals surface area (Å²) in [5.74, 6) is 0. The summed E-state index contributed by atoms with van der Waals surface area (Å²) in [4.78, 5) is 11.4. The van der Waals surface area contributed by atoms with Crippen LogP contribution >= 0.6 is 22.6 Å². The molecule has 17 heavy (non-hydrogen) atoms. The van der Waals surface area contributed by atoms with Gasteiger partial charge in [0, 0.05) is 10.1 Å². The van der Waals surface area contributed by atoms with Gasteiger partial charge >= 0.3 is 6.03 Å². The minimum absolute atomic E-state index is 0.104. The van der Waals surface area contributed by atoms with Gasteiger partial charge < -0.3 is 5.32 Å². The predicted octanol–water partition coefficient (Wildman–Crippen LogP) is 1.69. The van der Waals surface area contributed by atoms with Crippen LogP contribution in [0.1, 0.15) is 13.3 Å². The molecule has 1 aromatic rings. The Bertz CT molecular complexity index is 502. The number of carbonyl (C=O) groups is 1.